The third-order valence-corrected chi connectivity index (χ3v) is 2.39. The van der Waals surface area contributed by atoms with E-state index in [-0.39, 0.29) is 12.2 Å². The predicted molar refractivity (Wildman–Crippen MR) is 55.5 cm³/mol. The van der Waals surface area contributed by atoms with Crippen LogP contribution < -0.4 is 0 Å². The molecule has 0 saturated carbocycles. The fourth-order valence-electron chi connectivity index (χ4n) is 0.751. The fourth-order valence-corrected chi connectivity index (χ4v) is 0.751. The summed E-state index contributed by atoms with van der Waals surface area (Å²) in [5.74, 6) is -1.98. The normalized spacial score (nSPS) is 12.3. The first-order valence-electron chi connectivity index (χ1n) is 4.79. The lowest BCUT2D eigenvalue weighted by Crippen LogP contribution is -2.36. The molecule has 0 aromatic rings. The molecular formula is C11H18O4. The molecule has 4 heteroatoms. The molecule has 0 heterocycles. The Balaban J connectivity index is 4.66. The van der Waals surface area contributed by atoms with E-state index in [1.807, 2.05) is 0 Å². The Morgan fingerprint density at radius 3 is 1.60 bits per heavy atom. The maximum atomic E-state index is 11.6. The number of aliphatic carboxylic acids is 1. The number of hydrogen-bond donors (Lipinski definition) is 1. The van der Waals surface area contributed by atoms with Crippen LogP contribution >= 0.6 is 0 Å². The van der Waals surface area contributed by atoms with Crippen LogP contribution in [-0.4, -0.2) is 22.6 Å². The molecule has 0 radical (unpaired) electrons. The molecule has 0 amide bonds. The molecule has 0 aromatic heterocycles. The topological polar surface area (TPSA) is 71.4 Å². The Labute approximate surface area is 89.7 Å². The van der Waals surface area contributed by atoms with Gasteiger partial charge in [0, 0.05) is 5.41 Å². The first-order chi connectivity index (χ1) is 6.49. The van der Waals surface area contributed by atoms with Crippen LogP contribution in [0.5, 0.6) is 0 Å². The van der Waals surface area contributed by atoms with Crippen molar-refractivity contribution in [2.24, 2.45) is 10.8 Å². The smallest absolute Gasteiger partial charge is 0.316 e. The van der Waals surface area contributed by atoms with Gasteiger partial charge in [-0.3, -0.25) is 14.4 Å². The molecule has 0 saturated heterocycles. The monoisotopic (exact) mass is 214 g/mol. The van der Waals surface area contributed by atoms with Crippen LogP contribution in [0.15, 0.2) is 0 Å². The van der Waals surface area contributed by atoms with E-state index < -0.39 is 22.6 Å². The number of carbonyl (C=O) groups excluding carboxylic acids is 2. The summed E-state index contributed by atoms with van der Waals surface area (Å²) in [6, 6.07) is 0. The van der Waals surface area contributed by atoms with Crippen molar-refractivity contribution in [3.8, 4) is 0 Å². The molecule has 0 aliphatic rings. The molecule has 0 aromatic carbocycles. The lowest BCUT2D eigenvalue weighted by molar-refractivity contribution is -0.153. The van der Waals surface area contributed by atoms with Crippen molar-refractivity contribution in [1.82, 2.24) is 0 Å². The minimum atomic E-state index is -1.49. The van der Waals surface area contributed by atoms with Gasteiger partial charge in [0.15, 0.2) is 5.78 Å². The molecule has 15 heavy (non-hydrogen) atoms. The highest BCUT2D eigenvalue weighted by molar-refractivity contribution is 6.10. The summed E-state index contributed by atoms with van der Waals surface area (Å²) >= 11 is 0. The molecule has 0 bridgehead atoms. The summed E-state index contributed by atoms with van der Waals surface area (Å²) in [7, 11) is 0. The molecule has 1 N–H and O–H groups in total. The average Bonchev–Trinajstić information content (AvgIpc) is 2.01. The summed E-state index contributed by atoms with van der Waals surface area (Å²) in [5.41, 5.74) is -2.09. The number of carboxylic acids is 1. The van der Waals surface area contributed by atoms with Crippen LogP contribution in [0.2, 0.25) is 0 Å². The van der Waals surface area contributed by atoms with Gasteiger partial charge in [-0.1, -0.05) is 20.8 Å². The van der Waals surface area contributed by atoms with Gasteiger partial charge in [-0.05, 0) is 13.8 Å². The van der Waals surface area contributed by atoms with Crippen molar-refractivity contribution in [1.29, 1.82) is 0 Å². The van der Waals surface area contributed by atoms with Crippen molar-refractivity contribution in [2.45, 2.75) is 41.0 Å². The van der Waals surface area contributed by atoms with Crippen molar-refractivity contribution >= 4 is 17.5 Å². The van der Waals surface area contributed by atoms with Gasteiger partial charge >= 0.3 is 5.97 Å². The Hall–Kier alpha value is -1.19. The van der Waals surface area contributed by atoms with Crippen molar-refractivity contribution in [2.75, 3.05) is 0 Å². The molecule has 0 aliphatic heterocycles. The Morgan fingerprint density at radius 1 is 0.933 bits per heavy atom. The number of hydrogen-bond acceptors (Lipinski definition) is 3. The second-order valence-corrected chi connectivity index (χ2v) is 5.20. The zero-order valence-electron chi connectivity index (χ0n) is 9.88. The standard InChI is InChI=1S/C11H18O4/c1-10(2,3)7(12)6-8(13)11(4,5)9(14)15/h6H2,1-5H3,(H,14,15). The van der Waals surface area contributed by atoms with Gasteiger partial charge in [0.1, 0.15) is 11.2 Å². The Bertz CT molecular complexity index is 294. The van der Waals surface area contributed by atoms with Crippen molar-refractivity contribution in [3.05, 3.63) is 0 Å². The molecule has 0 unspecified atom stereocenters. The highest BCUT2D eigenvalue weighted by Gasteiger charge is 2.38. The maximum absolute atomic E-state index is 11.6. The molecule has 0 aliphatic carbocycles. The van der Waals surface area contributed by atoms with E-state index in [0.29, 0.717) is 0 Å². The number of ketones is 2. The third kappa shape index (κ3) is 3.46. The van der Waals surface area contributed by atoms with E-state index in [9.17, 15) is 14.4 Å². The van der Waals surface area contributed by atoms with Crippen molar-refractivity contribution in [3.63, 3.8) is 0 Å². The average molecular weight is 214 g/mol. The lowest BCUT2D eigenvalue weighted by Gasteiger charge is -2.21. The minimum absolute atomic E-state index is 0.234. The Kier molecular flexibility index (Phi) is 3.80. The van der Waals surface area contributed by atoms with E-state index in [1.165, 1.54) is 13.8 Å². The second-order valence-electron chi connectivity index (χ2n) is 5.20. The highest BCUT2D eigenvalue weighted by atomic mass is 16.4. The zero-order valence-corrected chi connectivity index (χ0v) is 9.88. The van der Waals surface area contributed by atoms with E-state index in [2.05, 4.69) is 0 Å². The summed E-state index contributed by atoms with van der Waals surface area (Å²) < 4.78 is 0. The molecular weight excluding hydrogens is 196 g/mol. The highest BCUT2D eigenvalue weighted by Crippen LogP contribution is 2.23. The number of rotatable bonds is 4. The molecule has 0 rings (SSSR count). The predicted octanol–water partition coefficient (Wildman–Crippen LogP) is 1.67. The second kappa shape index (κ2) is 4.13. The maximum Gasteiger partial charge on any atom is 0.316 e. The number of carbonyl (C=O) groups is 3. The van der Waals surface area contributed by atoms with Crippen LogP contribution in [0.25, 0.3) is 0 Å². The van der Waals surface area contributed by atoms with Crippen LogP contribution in [0.1, 0.15) is 41.0 Å². The molecule has 0 fully saturated rings. The van der Waals surface area contributed by atoms with Gasteiger partial charge in [0.05, 0.1) is 6.42 Å². The van der Waals surface area contributed by atoms with Crippen molar-refractivity contribution < 1.29 is 19.5 Å². The first-order valence-corrected chi connectivity index (χ1v) is 4.79. The molecule has 0 spiro atoms. The van der Waals surface area contributed by atoms with Crippen LogP contribution in [0, 0.1) is 10.8 Å². The molecule has 0 atom stereocenters. The molecule has 4 nitrogen and oxygen atoms in total. The van der Waals surface area contributed by atoms with Gasteiger partial charge in [-0.15, -0.1) is 0 Å². The summed E-state index contributed by atoms with van der Waals surface area (Å²) in [6.07, 6.45) is -0.317. The Morgan fingerprint density at radius 2 is 1.33 bits per heavy atom. The minimum Gasteiger partial charge on any atom is -0.481 e. The van der Waals surface area contributed by atoms with Crippen LogP contribution in [0.3, 0.4) is 0 Å². The number of Topliss-reactive ketones (excluding diaryl/α,β-unsaturated/α-hetero) is 2. The summed E-state index contributed by atoms with van der Waals surface area (Å²) in [4.78, 5) is 33.9. The fraction of sp³-hybridized carbons (Fsp3) is 0.727. The zero-order chi connectivity index (χ0) is 12.4. The van der Waals surface area contributed by atoms with E-state index >= 15 is 0 Å². The van der Waals surface area contributed by atoms with Gasteiger partial charge in [-0.2, -0.15) is 0 Å². The number of carboxylic acid groups (broad SMARTS) is 1. The van der Waals surface area contributed by atoms with Crippen LogP contribution in [0.4, 0.5) is 0 Å². The van der Waals surface area contributed by atoms with Gasteiger partial charge in [0.2, 0.25) is 0 Å². The SMILES string of the molecule is CC(C)(C)C(=O)CC(=O)C(C)(C)C(=O)O. The van der Waals surface area contributed by atoms with Gasteiger partial charge in [-0.25, -0.2) is 0 Å². The lowest BCUT2D eigenvalue weighted by atomic mass is 9.80. The quantitative estimate of drug-likeness (QED) is 0.722. The van der Waals surface area contributed by atoms with Gasteiger partial charge < -0.3 is 5.11 Å². The molecule has 86 valence electrons. The van der Waals surface area contributed by atoms with E-state index in [0.717, 1.165) is 0 Å². The largest absolute Gasteiger partial charge is 0.481 e. The van der Waals surface area contributed by atoms with Crippen LogP contribution in [-0.2, 0) is 14.4 Å². The first kappa shape index (κ1) is 13.8. The van der Waals surface area contributed by atoms with E-state index in [1.54, 1.807) is 20.8 Å². The summed E-state index contributed by atoms with van der Waals surface area (Å²) in [6.45, 7) is 7.74. The third-order valence-electron chi connectivity index (χ3n) is 2.39. The summed E-state index contributed by atoms with van der Waals surface area (Å²) in [5, 5.41) is 8.80. The van der Waals surface area contributed by atoms with E-state index in [4.69, 9.17) is 5.11 Å². The van der Waals surface area contributed by atoms with Gasteiger partial charge in [0.25, 0.3) is 0 Å².